The Morgan fingerprint density at radius 2 is 1.86 bits per heavy atom. The molecule has 0 aromatic carbocycles. The Balaban J connectivity index is 4.40. The van der Waals surface area contributed by atoms with Crippen LogP contribution in [0.25, 0.3) is 0 Å². The number of carbonyl (C=O) groups is 2. The Kier molecular flexibility index (Phi) is 7.82. The van der Waals surface area contributed by atoms with Gasteiger partial charge in [0.2, 0.25) is 6.79 Å². The Hall–Kier alpha value is -1.74. The van der Waals surface area contributed by atoms with Crippen LogP contribution in [0.1, 0.15) is 40.5 Å². The van der Waals surface area contributed by atoms with E-state index < -0.39 is 24.3 Å². The number of terminal acetylenes is 1. The molecule has 0 heterocycles. The smallest absolute Gasteiger partial charge is 0.410 e. The Morgan fingerprint density at radius 1 is 1.24 bits per heavy atom. The van der Waals surface area contributed by atoms with Crippen molar-refractivity contribution in [3.8, 4) is 12.3 Å². The van der Waals surface area contributed by atoms with E-state index in [-0.39, 0.29) is 12.1 Å². The first-order valence-electron chi connectivity index (χ1n) is 6.91. The van der Waals surface area contributed by atoms with E-state index in [2.05, 4.69) is 16.6 Å². The molecular formula is C15H26N2O4. The molecule has 1 unspecified atom stereocenters. The van der Waals surface area contributed by atoms with E-state index >= 15 is 0 Å². The summed E-state index contributed by atoms with van der Waals surface area (Å²) in [7, 11) is 1.85. The number of hydrogen-bond donors (Lipinski definition) is 2. The van der Waals surface area contributed by atoms with Crippen molar-refractivity contribution in [2.45, 2.75) is 46.1 Å². The van der Waals surface area contributed by atoms with Crippen LogP contribution in [0.5, 0.6) is 0 Å². The minimum Gasteiger partial charge on any atom is -0.427 e. The monoisotopic (exact) mass is 298 g/mol. The average molecular weight is 298 g/mol. The van der Waals surface area contributed by atoms with Crippen molar-refractivity contribution in [3.05, 3.63) is 0 Å². The van der Waals surface area contributed by atoms with Gasteiger partial charge in [-0.15, -0.1) is 6.42 Å². The summed E-state index contributed by atoms with van der Waals surface area (Å²) in [5.41, 5.74) is -0.847. The predicted octanol–water partition coefficient (Wildman–Crippen LogP) is 1.65. The summed E-state index contributed by atoms with van der Waals surface area (Å²) >= 11 is 0. The summed E-state index contributed by atoms with van der Waals surface area (Å²) < 4.78 is 9.74. The van der Waals surface area contributed by atoms with E-state index in [4.69, 9.17) is 15.9 Å². The van der Waals surface area contributed by atoms with Crippen LogP contribution in [0.2, 0.25) is 0 Å². The molecule has 0 aromatic heterocycles. The molecule has 120 valence electrons. The van der Waals surface area contributed by atoms with Crippen LogP contribution in [-0.2, 0) is 14.3 Å². The first kappa shape index (κ1) is 19.3. The number of nitrogens with one attached hydrogen (secondary N) is 2. The topological polar surface area (TPSA) is 76.7 Å². The molecule has 2 N–H and O–H groups in total. The third-order valence-corrected chi connectivity index (χ3v) is 3.50. The highest BCUT2D eigenvalue weighted by Gasteiger charge is 2.38. The molecular weight excluding hydrogens is 272 g/mol. The molecule has 1 amide bonds. The maximum absolute atomic E-state index is 12.2. The highest BCUT2D eigenvalue weighted by Crippen LogP contribution is 2.33. The molecule has 0 aromatic rings. The van der Waals surface area contributed by atoms with Gasteiger partial charge in [0.25, 0.3) is 0 Å². The van der Waals surface area contributed by atoms with Crippen LogP contribution in [0.15, 0.2) is 0 Å². The van der Waals surface area contributed by atoms with Gasteiger partial charge in [-0.1, -0.05) is 12.8 Å². The summed E-state index contributed by atoms with van der Waals surface area (Å²) in [6.07, 6.45) is 5.51. The van der Waals surface area contributed by atoms with Crippen LogP contribution in [0.3, 0.4) is 0 Å². The van der Waals surface area contributed by atoms with Gasteiger partial charge in [0.15, 0.2) is 0 Å². The fourth-order valence-corrected chi connectivity index (χ4v) is 1.89. The average Bonchev–Trinajstić information content (AvgIpc) is 2.44. The van der Waals surface area contributed by atoms with Crippen molar-refractivity contribution in [2.24, 2.45) is 5.41 Å². The fraction of sp³-hybridized carbons (Fsp3) is 0.733. The van der Waals surface area contributed by atoms with Crippen LogP contribution in [0.4, 0.5) is 4.79 Å². The minimum atomic E-state index is -0.713. The van der Waals surface area contributed by atoms with E-state index in [0.29, 0.717) is 12.8 Å². The third-order valence-electron chi connectivity index (χ3n) is 3.50. The number of esters is 1. The van der Waals surface area contributed by atoms with Crippen molar-refractivity contribution >= 4 is 12.1 Å². The lowest BCUT2D eigenvalue weighted by atomic mass is 9.76. The van der Waals surface area contributed by atoms with Crippen molar-refractivity contribution < 1.29 is 19.1 Å². The number of carbonyl (C=O) groups excluding carboxylic acids is 2. The number of hydrogen-bond acceptors (Lipinski definition) is 5. The highest BCUT2D eigenvalue weighted by molar-refractivity contribution is 5.76. The van der Waals surface area contributed by atoms with Crippen LogP contribution >= 0.6 is 0 Å². The number of rotatable bonds is 8. The minimum absolute atomic E-state index is 0.0653. The highest BCUT2D eigenvalue weighted by atomic mass is 16.7. The van der Waals surface area contributed by atoms with Gasteiger partial charge in [0.1, 0.15) is 0 Å². The van der Waals surface area contributed by atoms with Crippen LogP contribution in [-0.4, -0.2) is 38.0 Å². The van der Waals surface area contributed by atoms with Gasteiger partial charge in [-0.25, -0.2) is 4.79 Å². The fourth-order valence-electron chi connectivity index (χ4n) is 1.89. The molecule has 0 aliphatic carbocycles. The van der Waals surface area contributed by atoms with Gasteiger partial charge < -0.3 is 20.1 Å². The van der Waals surface area contributed by atoms with Gasteiger partial charge in [0.05, 0.1) is 12.0 Å². The molecule has 0 spiro atoms. The molecule has 21 heavy (non-hydrogen) atoms. The largest absolute Gasteiger partial charge is 0.427 e. The molecule has 0 bridgehead atoms. The predicted molar refractivity (Wildman–Crippen MR) is 80.4 cm³/mol. The van der Waals surface area contributed by atoms with Gasteiger partial charge >= 0.3 is 12.1 Å². The Bertz CT molecular complexity index is 401. The summed E-state index contributed by atoms with van der Waals surface area (Å²) in [6, 6.07) is 0. The van der Waals surface area contributed by atoms with Gasteiger partial charge in [-0.3, -0.25) is 4.79 Å². The zero-order valence-electron chi connectivity index (χ0n) is 13.5. The van der Waals surface area contributed by atoms with Crippen molar-refractivity contribution in [3.63, 3.8) is 0 Å². The van der Waals surface area contributed by atoms with Gasteiger partial charge in [-0.05, 0) is 40.7 Å². The second-order valence-corrected chi connectivity index (χ2v) is 5.76. The molecule has 1 atom stereocenters. The lowest BCUT2D eigenvalue weighted by Gasteiger charge is -2.34. The molecule has 0 aliphatic heterocycles. The van der Waals surface area contributed by atoms with E-state index in [1.165, 1.54) is 0 Å². The van der Waals surface area contributed by atoms with Gasteiger partial charge in [0, 0.05) is 5.54 Å². The standard InChI is InChI=1S/C15H26N2O4/c1-7-9-17-13(19)21-11-20-12(18)15(5,8-2)10-14(3,4)16-6/h1,16H,8-11H2,2-6H3,(H,17,19). The number of alkyl carbamates (subject to hydrolysis) is 1. The molecule has 0 rings (SSSR count). The SMILES string of the molecule is C#CCNC(=O)OCOC(=O)C(C)(CC)CC(C)(C)NC. The molecule has 6 heteroatoms. The second kappa shape index (κ2) is 8.53. The van der Waals surface area contributed by atoms with Crippen LogP contribution < -0.4 is 10.6 Å². The second-order valence-electron chi connectivity index (χ2n) is 5.76. The van der Waals surface area contributed by atoms with E-state index in [1.54, 1.807) is 0 Å². The molecule has 0 saturated carbocycles. The third kappa shape index (κ3) is 7.00. The maximum atomic E-state index is 12.2. The zero-order chi connectivity index (χ0) is 16.5. The first-order chi connectivity index (χ1) is 9.70. The number of ether oxygens (including phenoxy) is 2. The summed E-state index contributed by atoms with van der Waals surface area (Å²) in [5.74, 6) is 1.85. The van der Waals surface area contributed by atoms with E-state index in [9.17, 15) is 9.59 Å². The number of amides is 1. The van der Waals surface area contributed by atoms with Crippen molar-refractivity contribution in [2.75, 3.05) is 20.4 Å². The summed E-state index contributed by atoms with van der Waals surface area (Å²) in [5, 5.41) is 5.47. The molecule has 0 saturated heterocycles. The van der Waals surface area contributed by atoms with Gasteiger partial charge in [-0.2, -0.15) is 0 Å². The summed E-state index contributed by atoms with van der Waals surface area (Å²) in [4.78, 5) is 23.3. The lowest BCUT2D eigenvalue weighted by molar-refractivity contribution is -0.165. The lowest BCUT2D eigenvalue weighted by Crippen LogP contribution is -2.44. The van der Waals surface area contributed by atoms with Crippen molar-refractivity contribution in [1.29, 1.82) is 0 Å². The van der Waals surface area contributed by atoms with Crippen LogP contribution in [0, 0.1) is 17.8 Å². The molecule has 6 nitrogen and oxygen atoms in total. The van der Waals surface area contributed by atoms with E-state index in [1.807, 2.05) is 34.7 Å². The zero-order valence-corrected chi connectivity index (χ0v) is 13.5. The summed E-state index contributed by atoms with van der Waals surface area (Å²) in [6.45, 7) is 7.43. The quantitative estimate of drug-likeness (QED) is 0.405. The van der Waals surface area contributed by atoms with E-state index in [0.717, 1.165) is 0 Å². The molecule has 0 fully saturated rings. The Morgan fingerprint density at radius 3 is 2.33 bits per heavy atom. The molecule has 0 radical (unpaired) electrons. The molecule has 0 aliphatic rings. The van der Waals surface area contributed by atoms with Crippen molar-refractivity contribution in [1.82, 2.24) is 10.6 Å². The maximum Gasteiger partial charge on any atom is 0.410 e. The normalized spacial score (nSPS) is 13.7. The first-order valence-corrected chi connectivity index (χ1v) is 6.91. The Labute approximate surface area is 126 Å².